The number of hydrogen-bond acceptors (Lipinski definition) is 6. The predicted molar refractivity (Wildman–Crippen MR) is 96.4 cm³/mol. The molecule has 0 aromatic heterocycles. The van der Waals surface area contributed by atoms with E-state index < -0.39 is 5.43 Å². The summed E-state index contributed by atoms with van der Waals surface area (Å²) in [6.07, 6.45) is 5.99. The van der Waals surface area contributed by atoms with Crippen molar-refractivity contribution in [2.24, 2.45) is 0 Å². The lowest BCUT2D eigenvalue weighted by Crippen LogP contribution is -2.52. The summed E-state index contributed by atoms with van der Waals surface area (Å²) in [6.45, 7) is 2.19. The van der Waals surface area contributed by atoms with Crippen molar-refractivity contribution in [3.63, 3.8) is 0 Å². The molecule has 0 saturated heterocycles. The van der Waals surface area contributed by atoms with E-state index in [1.807, 2.05) is 19.0 Å². The molecule has 0 amide bonds. The molecular formula is C17H30N4O2. The second kappa shape index (κ2) is 7.45. The topological polar surface area (TPSA) is 64.7 Å². The number of likely N-dealkylation sites (N-methyl/N-ethyl adjacent to an activating group) is 2. The number of nitrogens with one attached hydrogen (secondary N) is 2. The molecule has 1 aromatic rings. The lowest BCUT2D eigenvalue weighted by atomic mass is 9.80. The van der Waals surface area contributed by atoms with Gasteiger partial charge in [-0.25, -0.2) is 0 Å². The molecule has 0 radical (unpaired) electrons. The summed E-state index contributed by atoms with van der Waals surface area (Å²) in [7, 11) is 8.16. The van der Waals surface area contributed by atoms with Crippen LogP contribution in [0.3, 0.4) is 0 Å². The van der Waals surface area contributed by atoms with Crippen LogP contribution in [0.5, 0.6) is 0 Å². The molecule has 2 rings (SSSR count). The molecule has 0 heterocycles. The number of rotatable bonds is 8. The summed E-state index contributed by atoms with van der Waals surface area (Å²) in [5.41, 5.74) is 0.233. The van der Waals surface area contributed by atoms with E-state index >= 15 is 0 Å². The highest BCUT2D eigenvalue weighted by atomic mass is 16.2. The van der Waals surface area contributed by atoms with Crippen molar-refractivity contribution in [2.45, 2.75) is 37.6 Å². The van der Waals surface area contributed by atoms with E-state index in [4.69, 9.17) is 0 Å². The summed E-state index contributed by atoms with van der Waals surface area (Å²) in [5.74, 6) is 0. The Hall–Kier alpha value is -1.40. The summed E-state index contributed by atoms with van der Waals surface area (Å²) < 4.78 is 0. The average molecular weight is 322 g/mol. The standard InChI is InChI=1S/C17H30N4O2/c1-20(2)11-10-18-13-14(16(23)15(13)22)19-12-17(21(3)4)8-6-5-7-9-17/h18-19H,5-12H2,1-4H3. The number of hydrogen-bond donors (Lipinski definition) is 2. The van der Waals surface area contributed by atoms with Crippen molar-refractivity contribution in [3.8, 4) is 0 Å². The van der Waals surface area contributed by atoms with E-state index in [1.54, 1.807) is 0 Å². The lowest BCUT2D eigenvalue weighted by Gasteiger charge is -2.43. The molecule has 6 heteroatoms. The van der Waals surface area contributed by atoms with Gasteiger partial charge in [0.2, 0.25) is 0 Å². The Morgan fingerprint density at radius 1 is 0.913 bits per heavy atom. The summed E-state index contributed by atoms with van der Waals surface area (Å²) in [4.78, 5) is 28.0. The Kier molecular flexibility index (Phi) is 5.81. The monoisotopic (exact) mass is 322 g/mol. The van der Waals surface area contributed by atoms with Gasteiger partial charge in [-0.1, -0.05) is 19.3 Å². The van der Waals surface area contributed by atoms with Crippen LogP contribution in [-0.2, 0) is 0 Å². The first kappa shape index (κ1) is 17.9. The van der Waals surface area contributed by atoms with Crippen LogP contribution in [0.15, 0.2) is 9.59 Å². The first-order valence-corrected chi connectivity index (χ1v) is 8.50. The maximum atomic E-state index is 11.9. The average Bonchev–Trinajstić information content (AvgIpc) is 2.53. The number of nitrogens with zero attached hydrogens (tertiary/aromatic N) is 2. The molecule has 1 aromatic carbocycles. The summed E-state index contributed by atoms with van der Waals surface area (Å²) in [6, 6.07) is 0. The predicted octanol–water partition coefficient (Wildman–Crippen LogP) is 0.932. The highest BCUT2D eigenvalue weighted by Gasteiger charge is 2.35. The Balaban J connectivity index is 2.01. The zero-order valence-corrected chi connectivity index (χ0v) is 14.9. The normalized spacial score (nSPS) is 17.8. The Morgan fingerprint density at radius 3 is 2.00 bits per heavy atom. The van der Waals surface area contributed by atoms with E-state index in [0.717, 1.165) is 19.4 Å². The van der Waals surface area contributed by atoms with Crippen LogP contribution in [0.1, 0.15) is 32.1 Å². The van der Waals surface area contributed by atoms with Crippen molar-refractivity contribution < 1.29 is 0 Å². The third kappa shape index (κ3) is 3.93. The molecule has 1 saturated carbocycles. The van der Waals surface area contributed by atoms with Gasteiger partial charge in [-0.3, -0.25) is 9.59 Å². The quantitative estimate of drug-likeness (QED) is 0.694. The van der Waals surface area contributed by atoms with E-state index in [9.17, 15) is 9.59 Å². The lowest BCUT2D eigenvalue weighted by molar-refractivity contribution is 0.113. The molecule has 0 bridgehead atoms. The smallest absolute Gasteiger partial charge is 0.253 e. The van der Waals surface area contributed by atoms with Crippen LogP contribution in [0.4, 0.5) is 11.4 Å². The second-order valence-corrected chi connectivity index (χ2v) is 7.17. The first-order valence-electron chi connectivity index (χ1n) is 8.50. The minimum Gasteiger partial charge on any atom is -0.379 e. The van der Waals surface area contributed by atoms with Crippen molar-refractivity contribution in [2.75, 3.05) is 58.5 Å². The maximum Gasteiger partial charge on any atom is 0.253 e. The molecule has 23 heavy (non-hydrogen) atoms. The maximum absolute atomic E-state index is 11.9. The van der Waals surface area contributed by atoms with Gasteiger partial charge in [0.1, 0.15) is 11.4 Å². The fraction of sp³-hybridized carbons (Fsp3) is 0.765. The van der Waals surface area contributed by atoms with Gasteiger partial charge in [0.05, 0.1) is 0 Å². The van der Waals surface area contributed by atoms with Crippen molar-refractivity contribution in [1.82, 2.24) is 9.80 Å². The van der Waals surface area contributed by atoms with E-state index in [1.165, 1.54) is 19.3 Å². The van der Waals surface area contributed by atoms with Gasteiger partial charge in [-0.15, -0.1) is 0 Å². The molecule has 0 spiro atoms. The molecule has 0 unspecified atom stereocenters. The Labute approximate surface area is 138 Å². The third-order valence-electron chi connectivity index (χ3n) is 5.10. The molecule has 6 nitrogen and oxygen atoms in total. The molecule has 1 aliphatic rings. The van der Waals surface area contributed by atoms with E-state index in [-0.39, 0.29) is 11.0 Å². The molecule has 0 aliphatic heterocycles. The van der Waals surface area contributed by atoms with Gasteiger partial charge < -0.3 is 20.4 Å². The zero-order valence-electron chi connectivity index (χ0n) is 14.9. The zero-order chi connectivity index (χ0) is 17.0. The van der Waals surface area contributed by atoms with Crippen LogP contribution in [0, 0.1) is 0 Å². The molecular weight excluding hydrogens is 292 g/mol. The van der Waals surface area contributed by atoms with Gasteiger partial charge in [-0.2, -0.15) is 0 Å². The SMILES string of the molecule is CN(C)CCNc1c(NCC2(N(C)C)CCCCC2)c(=O)c1=O. The molecule has 0 atom stereocenters. The highest BCUT2D eigenvalue weighted by Crippen LogP contribution is 2.32. The van der Waals surface area contributed by atoms with Gasteiger partial charge in [0, 0.05) is 25.2 Å². The van der Waals surface area contributed by atoms with Crippen LogP contribution in [0.25, 0.3) is 0 Å². The van der Waals surface area contributed by atoms with Crippen molar-refractivity contribution >= 4 is 11.4 Å². The van der Waals surface area contributed by atoms with Crippen LogP contribution in [-0.4, -0.2) is 63.2 Å². The minimum absolute atomic E-state index is 0.0823. The van der Waals surface area contributed by atoms with Gasteiger partial charge in [0.25, 0.3) is 10.9 Å². The van der Waals surface area contributed by atoms with Crippen LogP contribution < -0.4 is 21.5 Å². The minimum atomic E-state index is -0.395. The van der Waals surface area contributed by atoms with Gasteiger partial charge in [-0.05, 0) is 41.0 Å². The second-order valence-electron chi connectivity index (χ2n) is 7.17. The van der Waals surface area contributed by atoms with Crippen LogP contribution >= 0.6 is 0 Å². The van der Waals surface area contributed by atoms with Crippen molar-refractivity contribution in [3.05, 3.63) is 20.4 Å². The highest BCUT2D eigenvalue weighted by molar-refractivity contribution is 5.74. The van der Waals surface area contributed by atoms with Crippen LogP contribution in [0.2, 0.25) is 0 Å². The van der Waals surface area contributed by atoms with Gasteiger partial charge >= 0.3 is 0 Å². The molecule has 2 N–H and O–H groups in total. The Morgan fingerprint density at radius 2 is 1.48 bits per heavy atom. The Bertz CT molecular complexity index is 582. The molecule has 1 fully saturated rings. The third-order valence-corrected chi connectivity index (χ3v) is 5.10. The number of anilines is 2. The summed E-state index contributed by atoms with van der Waals surface area (Å²) >= 11 is 0. The fourth-order valence-electron chi connectivity index (χ4n) is 3.38. The van der Waals surface area contributed by atoms with E-state index in [0.29, 0.717) is 24.5 Å². The molecule has 1 aliphatic carbocycles. The largest absolute Gasteiger partial charge is 0.379 e. The molecule has 130 valence electrons. The van der Waals surface area contributed by atoms with Gasteiger partial charge in [0.15, 0.2) is 0 Å². The summed E-state index contributed by atoms with van der Waals surface area (Å²) in [5, 5.41) is 6.37. The van der Waals surface area contributed by atoms with E-state index in [2.05, 4.69) is 29.6 Å². The first-order chi connectivity index (χ1) is 10.9. The fourth-order valence-corrected chi connectivity index (χ4v) is 3.38. The van der Waals surface area contributed by atoms with Crippen molar-refractivity contribution in [1.29, 1.82) is 0 Å².